The maximum atomic E-state index is 12.7. The van der Waals surface area contributed by atoms with Gasteiger partial charge in [-0.1, -0.05) is 20.3 Å². The summed E-state index contributed by atoms with van der Waals surface area (Å²) in [6.45, 7) is 7.56. The van der Waals surface area contributed by atoms with Crippen LogP contribution in [-0.4, -0.2) is 33.8 Å². The van der Waals surface area contributed by atoms with Crippen molar-refractivity contribution in [3.63, 3.8) is 0 Å². The monoisotopic (exact) mass is 293 g/mol. The highest BCUT2D eigenvalue weighted by Crippen LogP contribution is 2.27. The maximum Gasteiger partial charge on any atom is 0.246 e. The van der Waals surface area contributed by atoms with Gasteiger partial charge in [0, 0.05) is 0 Å². The molecule has 1 aliphatic heterocycles. The molecule has 0 radical (unpaired) electrons. The number of aryl methyl sites for hydroxylation is 1. The average Bonchev–Trinajstić information content (AvgIpc) is 2.88. The molecule has 1 fully saturated rings. The zero-order chi connectivity index (χ0) is 15.6. The smallest absolute Gasteiger partial charge is 0.246 e. The molecule has 6 heteroatoms. The summed E-state index contributed by atoms with van der Waals surface area (Å²) >= 11 is 0. The molecule has 3 atom stereocenters. The molecule has 2 heterocycles. The van der Waals surface area contributed by atoms with E-state index < -0.39 is 12.1 Å². The minimum absolute atomic E-state index is 0.0494. The first-order valence-electron chi connectivity index (χ1n) is 7.54. The Kier molecular flexibility index (Phi) is 4.65. The van der Waals surface area contributed by atoms with Crippen LogP contribution in [0.5, 0.6) is 0 Å². The highest BCUT2D eigenvalue weighted by molar-refractivity contribution is 5.97. The van der Waals surface area contributed by atoms with Crippen LogP contribution in [0, 0.1) is 6.92 Å². The molecule has 1 saturated heterocycles. The van der Waals surface area contributed by atoms with Crippen molar-refractivity contribution in [2.24, 2.45) is 0 Å². The molecular formula is C15H23N3O3. The van der Waals surface area contributed by atoms with Crippen molar-refractivity contribution in [1.29, 1.82) is 0 Å². The molecule has 6 nitrogen and oxygen atoms in total. The van der Waals surface area contributed by atoms with E-state index in [0.29, 0.717) is 24.5 Å². The van der Waals surface area contributed by atoms with Gasteiger partial charge >= 0.3 is 0 Å². The Morgan fingerprint density at radius 3 is 2.67 bits per heavy atom. The molecule has 1 aliphatic rings. The minimum Gasteiger partial charge on any atom is -0.444 e. The number of carbonyl (C=O) groups excluding carboxylic acids is 2. The topological polar surface area (TPSA) is 75.4 Å². The molecule has 0 spiro atoms. The number of aromatic nitrogens is 1. The largest absolute Gasteiger partial charge is 0.444 e. The first-order valence-corrected chi connectivity index (χ1v) is 7.54. The van der Waals surface area contributed by atoms with Gasteiger partial charge < -0.3 is 14.6 Å². The average molecular weight is 293 g/mol. The van der Waals surface area contributed by atoms with Crippen LogP contribution < -0.4 is 5.32 Å². The Morgan fingerprint density at radius 2 is 2.14 bits per heavy atom. The number of rotatable bonds is 5. The van der Waals surface area contributed by atoms with Gasteiger partial charge in [0.2, 0.25) is 17.7 Å². The van der Waals surface area contributed by atoms with Crippen LogP contribution in [0.3, 0.4) is 0 Å². The highest BCUT2D eigenvalue weighted by Gasteiger charge is 2.42. The third kappa shape index (κ3) is 2.94. The van der Waals surface area contributed by atoms with Crippen LogP contribution in [0.1, 0.15) is 57.7 Å². The van der Waals surface area contributed by atoms with E-state index in [-0.39, 0.29) is 17.9 Å². The van der Waals surface area contributed by atoms with Gasteiger partial charge in [-0.15, -0.1) is 0 Å². The Labute approximate surface area is 124 Å². The summed E-state index contributed by atoms with van der Waals surface area (Å²) < 4.78 is 5.53. The number of hydrogen-bond acceptors (Lipinski definition) is 4. The van der Waals surface area contributed by atoms with E-state index in [2.05, 4.69) is 10.3 Å². The number of piperazine rings is 1. The Hall–Kier alpha value is -1.85. The van der Waals surface area contributed by atoms with Gasteiger partial charge in [0.25, 0.3) is 0 Å². The van der Waals surface area contributed by atoms with Crippen LogP contribution in [0.25, 0.3) is 0 Å². The first-order chi connectivity index (χ1) is 9.99. The fourth-order valence-electron chi connectivity index (χ4n) is 2.80. The van der Waals surface area contributed by atoms with Crippen molar-refractivity contribution >= 4 is 11.8 Å². The number of nitrogens with one attached hydrogen (secondary N) is 1. The Morgan fingerprint density at radius 1 is 1.43 bits per heavy atom. The molecule has 0 saturated carbocycles. The highest BCUT2D eigenvalue weighted by atomic mass is 16.4. The molecule has 2 rings (SSSR count). The summed E-state index contributed by atoms with van der Waals surface area (Å²) in [5.41, 5.74) is 0. The fourth-order valence-corrected chi connectivity index (χ4v) is 2.80. The molecule has 1 aromatic heterocycles. The minimum atomic E-state index is -0.465. The summed E-state index contributed by atoms with van der Waals surface area (Å²) in [6.07, 6.45) is 3.69. The lowest BCUT2D eigenvalue weighted by Crippen LogP contribution is -2.63. The number of carbonyl (C=O) groups is 2. The maximum absolute atomic E-state index is 12.7. The number of hydrogen-bond donors (Lipinski definition) is 1. The zero-order valence-electron chi connectivity index (χ0n) is 13.0. The molecule has 2 amide bonds. The van der Waals surface area contributed by atoms with E-state index in [1.807, 2.05) is 27.7 Å². The van der Waals surface area contributed by atoms with Crippen LogP contribution in [-0.2, 0) is 9.59 Å². The molecule has 1 aromatic rings. The van der Waals surface area contributed by atoms with E-state index >= 15 is 0 Å². The van der Waals surface area contributed by atoms with Crippen LogP contribution in [0.15, 0.2) is 10.6 Å². The van der Waals surface area contributed by atoms with Gasteiger partial charge in [0.1, 0.15) is 23.9 Å². The Bertz CT molecular complexity index is 526. The first kappa shape index (κ1) is 15.5. The molecule has 21 heavy (non-hydrogen) atoms. The van der Waals surface area contributed by atoms with Gasteiger partial charge in [-0.2, -0.15) is 0 Å². The van der Waals surface area contributed by atoms with Crippen molar-refractivity contribution in [1.82, 2.24) is 15.2 Å². The molecular weight excluding hydrogens is 270 g/mol. The van der Waals surface area contributed by atoms with Gasteiger partial charge in [-0.25, -0.2) is 4.98 Å². The van der Waals surface area contributed by atoms with Crippen molar-refractivity contribution in [2.75, 3.05) is 0 Å². The fraction of sp³-hybridized carbons (Fsp3) is 0.667. The van der Waals surface area contributed by atoms with Crippen LogP contribution in [0.2, 0.25) is 0 Å². The van der Waals surface area contributed by atoms with Crippen molar-refractivity contribution in [2.45, 2.75) is 65.1 Å². The number of amides is 2. The van der Waals surface area contributed by atoms with E-state index in [1.54, 1.807) is 11.1 Å². The second-order valence-electron chi connectivity index (χ2n) is 5.50. The second kappa shape index (κ2) is 6.28. The third-order valence-corrected chi connectivity index (χ3v) is 3.89. The van der Waals surface area contributed by atoms with E-state index in [4.69, 9.17) is 4.42 Å². The van der Waals surface area contributed by atoms with Crippen LogP contribution in [0.4, 0.5) is 0 Å². The summed E-state index contributed by atoms with van der Waals surface area (Å²) in [5.74, 6) is 1.03. The normalized spacial score (nSPS) is 24.1. The summed E-state index contributed by atoms with van der Waals surface area (Å²) in [5, 5.41) is 2.83. The van der Waals surface area contributed by atoms with E-state index in [9.17, 15) is 9.59 Å². The summed E-state index contributed by atoms with van der Waals surface area (Å²) in [4.78, 5) is 30.8. The third-order valence-electron chi connectivity index (χ3n) is 3.89. The standard InChI is InChI=1S/C15H23N3O3/c1-5-7-11-15(20)18(12(6-2)13(19)17-11)10(4)14-16-8-9(3)21-14/h8,10-12H,5-7H2,1-4H3,(H,17,19). The van der Waals surface area contributed by atoms with Gasteiger partial charge in [0.15, 0.2) is 0 Å². The molecule has 0 aliphatic carbocycles. The molecule has 116 valence electrons. The van der Waals surface area contributed by atoms with E-state index in [0.717, 1.165) is 6.42 Å². The molecule has 0 aromatic carbocycles. The molecule has 1 N–H and O–H groups in total. The van der Waals surface area contributed by atoms with Crippen molar-refractivity contribution in [3.8, 4) is 0 Å². The van der Waals surface area contributed by atoms with Crippen molar-refractivity contribution < 1.29 is 14.0 Å². The SMILES string of the molecule is CCCC1NC(=O)C(CC)N(C(C)c2ncc(C)o2)C1=O. The molecule has 3 unspecified atom stereocenters. The number of nitrogens with zero attached hydrogens (tertiary/aromatic N) is 2. The summed E-state index contributed by atoms with van der Waals surface area (Å²) in [7, 11) is 0. The van der Waals surface area contributed by atoms with Gasteiger partial charge in [0.05, 0.1) is 6.20 Å². The predicted octanol–water partition coefficient (Wildman–Crippen LogP) is 1.95. The Balaban J connectivity index is 2.30. The van der Waals surface area contributed by atoms with E-state index in [1.165, 1.54) is 0 Å². The van der Waals surface area contributed by atoms with Gasteiger partial charge in [-0.3, -0.25) is 9.59 Å². The molecule has 0 bridgehead atoms. The second-order valence-corrected chi connectivity index (χ2v) is 5.50. The van der Waals surface area contributed by atoms with Crippen LogP contribution >= 0.6 is 0 Å². The summed E-state index contributed by atoms with van der Waals surface area (Å²) in [6, 6.07) is -1.25. The lowest BCUT2D eigenvalue weighted by molar-refractivity contribution is -0.152. The van der Waals surface area contributed by atoms with Crippen molar-refractivity contribution in [3.05, 3.63) is 17.8 Å². The zero-order valence-corrected chi connectivity index (χ0v) is 13.0. The lowest BCUT2D eigenvalue weighted by atomic mass is 10.00. The lowest BCUT2D eigenvalue weighted by Gasteiger charge is -2.41. The van der Waals surface area contributed by atoms with Gasteiger partial charge in [-0.05, 0) is 26.7 Å². The number of oxazole rings is 1. The quantitative estimate of drug-likeness (QED) is 0.900. The predicted molar refractivity (Wildman–Crippen MR) is 77.4 cm³/mol.